The number of hydrogen-bond donors (Lipinski definition) is 0. The highest BCUT2D eigenvalue weighted by Gasteiger charge is 2.31. The van der Waals surface area contributed by atoms with Crippen LogP contribution in [0.1, 0.15) is 23.7 Å². The lowest BCUT2D eigenvalue weighted by atomic mass is 10.2. The van der Waals surface area contributed by atoms with Crippen molar-refractivity contribution < 1.29 is 13.2 Å². The van der Waals surface area contributed by atoms with Crippen LogP contribution in [0.5, 0.6) is 0 Å². The van der Waals surface area contributed by atoms with Crippen molar-refractivity contribution in [2.45, 2.75) is 19.4 Å². The Balaban J connectivity index is 2.14. The van der Waals surface area contributed by atoms with Crippen molar-refractivity contribution >= 4 is 21.4 Å². The second kappa shape index (κ2) is 4.68. The molecule has 1 aromatic rings. The SMILES string of the molecule is CC(=O)c1ccc(N(C)C2CCS(=O)(=O)C2)nc1. The number of hydrogen-bond acceptors (Lipinski definition) is 5. The van der Waals surface area contributed by atoms with E-state index < -0.39 is 9.84 Å². The van der Waals surface area contributed by atoms with Crippen molar-refractivity contribution in [2.75, 3.05) is 23.5 Å². The summed E-state index contributed by atoms with van der Waals surface area (Å²) in [6, 6.07) is 3.44. The average molecular weight is 268 g/mol. The molecule has 98 valence electrons. The molecule has 0 aromatic carbocycles. The van der Waals surface area contributed by atoms with E-state index in [1.54, 1.807) is 12.1 Å². The van der Waals surface area contributed by atoms with Gasteiger partial charge in [-0.2, -0.15) is 0 Å². The van der Waals surface area contributed by atoms with Crippen LogP contribution in [-0.2, 0) is 9.84 Å². The van der Waals surface area contributed by atoms with Gasteiger partial charge in [0.15, 0.2) is 15.6 Å². The van der Waals surface area contributed by atoms with Crippen molar-refractivity contribution in [3.05, 3.63) is 23.9 Å². The van der Waals surface area contributed by atoms with Crippen molar-refractivity contribution in [1.29, 1.82) is 0 Å². The first-order valence-electron chi connectivity index (χ1n) is 5.79. The Morgan fingerprint density at radius 3 is 2.61 bits per heavy atom. The maximum Gasteiger partial charge on any atom is 0.161 e. The molecule has 5 nitrogen and oxygen atoms in total. The second-order valence-electron chi connectivity index (χ2n) is 4.63. The quantitative estimate of drug-likeness (QED) is 0.762. The molecular formula is C12H16N2O3S. The van der Waals surface area contributed by atoms with E-state index in [9.17, 15) is 13.2 Å². The maximum atomic E-state index is 11.4. The lowest BCUT2D eigenvalue weighted by molar-refractivity contribution is 0.101. The number of carbonyl (C=O) groups is 1. The number of rotatable bonds is 3. The molecule has 0 radical (unpaired) electrons. The molecule has 2 rings (SSSR count). The van der Waals surface area contributed by atoms with Gasteiger partial charge >= 0.3 is 0 Å². The van der Waals surface area contributed by atoms with Crippen molar-refractivity contribution in [2.24, 2.45) is 0 Å². The fraction of sp³-hybridized carbons (Fsp3) is 0.500. The lowest BCUT2D eigenvalue weighted by Crippen LogP contribution is -2.33. The normalized spacial score (nSPS) is 21.8. The minimum absolute atomic E-state index is 0.0225. The zero-order valence-corrected chi connectivity index (χ0v) is 11.3. The standard InChI is InChI=1S/C12H16N2O3S/c1-9(15)10-3-4-12(13-7-10)14(2)11-5-6-18(16,17)8-11/h3-4,7,11H,5-6,8H2,1-2H3. The molecule has 0 spiro atoms. The number of carbonyl (C=O) groups excluding carboxylic acids is 1. The molecule has 0 saturated carbocycles. The first kappa shape index (κ1) is 13.0. The van der Waals surface area contributed by atoms with Gasteiger partial charge in [0.2, 0.25) is 0 Å². The van der Waals surface area contributed by atoms with Crippen LogP contribution >= 0.6 is 0 Å². The molecule has 1 saturated heterocycles. The Morgan fingerprint density at radius 1 is 1.44 bits per heavy atom. The van der Waals surface area contributed by atoms with Gasteiger partial charge in [0.1, 0.15) is 5.82 Å². The topological polar surface area (TPSA) is 67.3 Å². The summed E-state index contributed by atoms with van der Waals surface area (Å²) in [6.07, 6.45) is 2.16. The minimum Gasteiger partial charge on any atom is -0.356 e. The highest BCUT2D eigenvalue weighted by atomic mass is 32.2. The van der Waals surface area contributed by atoms with Gasteiger partial charge in [-0.25, -0.2) is 13.4 Å². The first-order valence-corrected chi connectivity index (χ1v) is 7.61. The van der Waals surface area contributed by atoms with Crippen molar-refractivity contribution in [3.8, 4) is 0 Å². The molecular weight excluding hydrogens is 252 g/mol. The Bertz CT molecular complexity index is 551. The second-order valence-corrected chi connectivity index (χ2v) is 6.86. The molecule has 1 fully saturated rings. The van der Waals surface area contributed by atoms with Gasteiger partial charge in [0.25, 0.3) is 0 Å². The van der Waals surface area contributed by atoms with Gasteiger partial charge in [0, 0.05) is 24.8 Å². The number of sulfone groups is 1. The highest BCUT2D eigenvalue weighted by molar-refractivity contribution is 7.91. The van der Waals surface area contributed by atoms with E-state index in [1.165, 1.54) is 13.1 Å². The fourth-order valence-corrected chi connectivity index (χ4v) is 3.85. The third-order valence-electron chi connectivity index (χ3n) is 3.27. The number of nitrogens with zero attached hydrogens (tertiary/aromatic N) is 2. The molecule has 0 amide bonds. The van der Waals surface area contributed by atoms with E-state index in [0.29, 0.717) is 17.8 Å². The Hall–Kier alpha value is -1.43. The first-order chi connectivity index (χ1) is 8.39. The van der Waals surface area contributed by atoms with E-state index >= 15 is 0 Å². The lowest BCUT2D eigenvalue weighted by Gasteiger charge is -2.24. The van der Waals surface area contributed by atoms with E-state index in [1.807, 2.05) is 11.9 Å². The Kier molecular flexibility index (Phi) is 3.38. The van der Waals surface area contributed by atoms with Crippen LogP contribution < -0.4 is 4.90 Å². The van der Waals surface area contributed by atoms with Crippen LogP contribution in [0.15, 0.2) is 18.3 Å². The van der Waals surface area contributed by atoms with E-state index in [0.717, 1.165) is 0 Å². The smallest absolute Gasteiger partial charge is 0.161 e. The fourth-order valence-electron chi connectivity index (χ4n) is 2.07. The molecule has 1 unspecified atom stereocenters. The van der Waals surface area contributed by atoms with Crippen LogP contribution in [0.3, 0.4) is 0 Å². The molecule has 0 N–H and O–H groups in total. The number of ketones is 1. The largest absolute Gasteiger partial charge is 0.356 e. The molecule has 0 aliphatic carbocycles. The zero-order valence-electron chi connectivity index (χ0n) is 10.5. The summed E-state index contributed by atoms with van der Waals surface area (Å²) < 4.78 is 22.9. The molecule has 18 heavy (non-hydrogen) atoms. The molecule has 0 bridgehead atoms. The summed E-state index contributed by atoms with van der Waals surface area (Å²) in [7, 11) is -1.06. The Morgan fingerprint density at radius 2 is 2.17 bits per heavy atom. The van der Waals surface area contributed by atoms with Gasteiger partial charge in [-0.15, -0.1) is 0 Å². The summed E-state index contributed by atoms with van der Waals surface area (Å²) >= 11 is 0. The van der Waals surface area contributed by atoms with Crippen LogP contribution in [0.4, 0.5) is 5.82 Å². The molecule has 6 heteroatoms. The van der Waals surface area contributed by atoms with Gasteiger partial charge in [0.05, 0.1) is 11.5 Å². The summed E-state index contributed by atoms with van der Waals surface area (Å²) in [4.78, 5) is 17.2. The summed E-state index contributed by atoms with van der Waals surface area (Å²) in [5, 5.41) is 0. The summed E-state index contributed by atoms with van der Waals surface area (Å²) in [5.41, 5.74) is 0.561. The summed E-state index contributed by atoms with van der Waals surface area (Å²) in [5.74, 6) is 1.09. The molecule has 2 heterocycles. The van der Waals surface area contributed by atoms with Crippen molar-refractivity contribution in [1.82, 2.24) is 4.98 Å². The van der Waals surface area contributed by atoms with Gasteiger partial charge in [-0.3, -0.25) is 4.79 Å². The van der Waals surface area contributed by atoms with Crippen LogP contribution in [0.2, 0.25) is 0 Å². The van der Waals surface area contributed by atoms with Crippen molar-refractivity contribution in [3.63, 3.8) is 0 Å². The minimum atomic E-state index is -2.89. The molecule has 1 aromatic heterocycles. The molecule has 1 aliphatic rings. The number of anilines is 1. The van der Waals surface area contributed by atoms with Gasteiger partial charge in [-0.05, 0) is 25.5 Å². The molecule has 1 atom stereocenters. The third kappa shape index (κ3) is 2.69. The number of aromatic nitrogens is 1. The predicted molar refractivity (Wildman–Crippen MR) is 69.7 cm³/mol. The van der Waals surface area contributed by atoms with Crippen LogP contribution in [0.25, 0.3) is 0 Å². The van der Waals surface area contributed by atoms with E-state index in [-0.39, 0.29) is 23.3 Å². The molecule has 1 aliphatic heterocycles. The number of pyridine rings is 1. The van der Waals surface area contributed by atoms with Crippen LogP contribution in [-0.4, -0.2) is 43.8 Å². The van der Waals surface area contributed by atoms with Gasteiger partial charge in [-0.1, -0.05) is 0 Å². The predicted octanol–water partition coefficient (Wildman–Crippen LogP) is 0.907. The average Bonchev–Trinajstić information content (AvgIpc) is 2.69. The highest BCUT2D eigenvalue weighted by Crippen LogP contribution is 2.21. The van der Waals surface area contributed by atoms with Gasteiger partial charge < -0.3 is 4.90 Å². The number of Topliss-reactive ketones (excluding diaryl/α,β-unsaturated/α-hetero) is 1. The monoisotopic (exact) mass is 268 g/mol. The maximum absolute atomic E-state index is 11.4. The van der Waals surface area contributed by atoms with Crippen LogP contribution in [0, 0.1) is 0 Å². The van der Waals surface area contributed by atoms with E-state index in [2.05, 4.69) is 4.98 Å². The summed E-state index contributed by atoms with van der Waals surface area (Å²) in [6.45, 7) is 1.49. The zero-order chi connectivity index (χ0) is 13.3. The van der Waals surface area contributed by atoms with E-state index in [4.69, 9.17) is 0 Å². The Labute approximate surface area is 107 Å². The third-order valence-corrected chi connectivity index (χ3v) is 5.02.